The van der Waals surface area contributed by atoms with Crippen molar-refractivity contribution in [1.29, 1.82) is 0 Å². The number of alkyl halides is 3. The zero-order chi connectivity index (χ0) is 18.0. The van der Waals surface area contributed by atoms with E-state index in [1.165, 1.54) is 0 Å². The van der Waals surface area contributed by atoms with Gasteiger partial charge in [-0.2, -0.15) is 13.2 Å². The molecule has 0 bridgehead atoms. The summed E-state index contributed by atoms with van der Waals surface area (Å²) in [7, 11) is 1.55. The Morgan fingerprint density at radius 3 is 2.40 bits per heavy atom. The maximum atomic E-state index is 12.2. The summed E-state index contributed by atoms with van der Waals surface area (Å²) in [6, 6.07) is 7.23. The second-order valence-corrected chi connectivity index (χ2v) is 5.09. The quantitative estimate of drug-likeness (QED) is 0.343. The molecule has 0 heterocycles. The first-order valence-corrected chi connectivity index (χ1v) is 7.74. The van der Waals surface area contributed by atoms with Gasteiger partial charge < -0.3 is 20.1 Å². The van der Waals surface area contributed by atoms with Crippen LogP contribution in [-0.4, -0.2) is 45.0 Å². The van der Waals surface area contributed by atoms with E-state index in [0.717, 1.165) is 0 Å². The summed E-state index contributed by atoms with van der Waals surface area (Å²) in [5, 5.41) is 5.56. The maximum absolute atomic E-state index is 12.2. The topological polar surface area (TPSA) is 54.9 Å². The van der Waals surface area contributed by atoms with Gasteiger partial charge in [0.1, 0.15) is 6.10 Å². The molecule has 5 nitrogen and oxygen atoms in total. The predicted octanol–water partition coefficient (Wildman–Crippen LogP) is 3.59. The molecule has 1 unspecified atom stereocenters. The molecule has 0 amide bonds. The second kappa shape index (κ2) is 12.0. The molecule has 9 heteroatoms. The molecule has 1 aromatic carbocycles. The first kappa shape index (κ1) is 23.6. The molecule has 1 rings (SSSR count). The van der Waals surface area contributed by atoms with Crippen LogP contribution in [0.1, 0.15) is 20.3 Å². The van der Waals surface area contributed by atoms with Gasteiger partial charge in [-0.15, -0.1) is 24.0 Å². The van der Waals surface area contributed by atoms with Gasteiger partial charge in [-0.05, 0) is 26.0 Å². The lowest BCUT2D eigenvalue weighted by Gasteiger charge is -2.17. The Morgan fingerprint density at radius 2 is 1.84 bits per heavy atom. The number of guanidine groups is 1. The van der Waals surface area contributed by atoms with Crippen molar-refractivity contribution < 1.29 is 22.6 Å². The lowest BCUT2D eigenvalue weighted by molar-refractivity contribution is -0.132. The standard InChI is InChI=1S/C16H24F3N3O2.HI/c1-4-20-15(21-10-9-16(17,18)19)22-11-12(2)24-14-8-6-5-7-13(14)23-3;/h5-8,12H,4,9-11H2,1-3H3,(H2,20,21,22);1H. The van der Waals surface area contributed by atoms with Crippen molar-refractivity contribution >= 4 is 29.9 Å². The van der Waals surface area contributed by atoms with Gasteiger partial charge in [0.15, 0.2) is 17.5 Å². The van der Waals surface area contributed by atoms with Crippen molar-refractivity contribution in [3.05, 3.63) is 24.3 Å². The van der Waals surface area contributed by atoms with Crippen LogP contribution in [0, 0.1) is 0 Å². The third-order valence-corrected chi connectivity index (χ3v) is 2.95. The molecule has 0 aliphatic carbocycles. The zero-order valence-corrected chi connectivity index (χ0v) is 16.9. The van der Waals surface area contributed by atoms with E-state index in [0.29, 0.717) is 30.5 Å². The Labute approximate surface area is 163 Å². The van der Waals surface area contributed by atoms with Crippen molar-refractivity contribution in [2.24, 2.45) is 4.99 Å². The van der Waals surface area contributed by atoms with Gasteiger partial charge in [0.05, 0.1) is 20.1 Å². The van der Waals surface area contributed by atoms with Crippen LogP contribution in [0.15, 0.2) is 29.3 Å². The Balaban J connectivity index is 0.00000576. The third-order valence-electron chi connectivity index (χ3n) is 2.95. The van der Waals surface area contributed by atoms with Crippen LogP contribution in [0.2, 0.25) is 0 Å². The fourth-order valence-corrected chi connectivity index (χ4v) is 1.85. The molecule has 0 saturated carbocycles. The average Bonchev–Trinajstić information content (AvgIpc) is 2.52. The maximum Gasteiger partial charge on any atom is 0.390 e. The van der Waals surface area contributed by atoms with E-state index in [-0.39, 0.29) is 36.6 Å². The minimum absolute atomic E-state index is 0. The normalized spacial score (nSPS) is 12.8. The smallest absolute Gasteiger partial charge is 0.390 e. The summed E-state index contributed by atoms with van der Waals surface area (Å²) in [5.74, 6) is 1.54. The number of halogens is 4. The first-order valence-electron chi connectivity index (χ1n) is 7.74. The van der Waals surface area contributed by atoms with E-state index >= 15 is 0 Å². The number of methoxy groups -OCH3 is 1. The monoisotopic (exact) mass is 475 g/mol. The van der Waals surface area contributed by atoms with Crippen LogP contribution in [0.4, 0.5) is 13.2 Å². The summed E-state index contributed by atoms with van der Waals surface area (Å²) < 4.78 is 47.5. The summed E-state index contributed by atoms with van der Waals surface area (Å²) in [6.07, 6.45) is -5.37. The molecule has 0 aliphatic rings. The van der Waals surface area contributed by atoms with Gasteiger partial charge >= 0.3 is 6.18 Å². The highest BCUT2D eigenvalue weighted by Crippen LogP contribution is 2.26. The molecule has 0 radical (unpaired) electrons. The van der Waals surface area contributed by atoms with Crippen LogP contribution in [-0.2, 0) is 0 Å². The molecule has 0 saturated heterocycles. The fourth-order valence-electron chi connectivity index (χ4n) is 1.85. The summed E-state index contributed by atoms with van der Waals surface area (Å²) in [4.78, 5) is 4.25. The lowest BCUT2D eigenvalue weighted by Crippen LogP contribution is -2.39. The van der Waals surface area contributed by atoms with Crippen molar-refractivity contribution in [3.63, 3.8) is 0 Å². The molecule has 0 aliphatic heterocycles. The van der Waals surface area contributed by atoms with E-state index in [9.17, 15) is 13.2 Å². The number of hydrogen-bond donors (Lipinski definition) is 2. The fraction of sp³-hybridized carbons (Fsp3) is 0.562. The molecule has 144 valence electrons. The van der Waals surface area contributed by atoms with E-state index in [2.05, 4.69) is 15.6 Å². The summed E-state index contributed by atoms with van der Waals surface area (Å²) in [5.41, 5.74) is 0. The number of rotatable bonds is 8. The summed E-state index contributed by atoms with van der Waals surface area (Å²) in [6.45, 7) is 4.29. The Hall–Kier alpha value is -1.39. The third kappa shape index (κ3) is 10.3. The molecular weight excluding hydrogens is 450 g/mol. The van der Waals surface area contributed by atoms with Crippen LogP contribution in [0.25, 0.3) is 0 Å². The molecule has 0 fully saturated rings. The number of nitrogens with zero attached hydrogens (tertiary/aromatic N) is 1. The highest BCUT2D eigenvalue weighted by molar-refractivity contribution is 14.0. The van der Waals surface area contributed by atoms with E-state index in [1.807, 2.05) is 26.0 Å². The Kier molecular flexibility index (Phi) is 11.4. The summed E-state index contributed by atoms with van der Waals surface area (Å²) >= 11 is 0. The molecule has 1 atom stereocenters. The van der Waals surface area contributed by atoms with Crippen LogP contribution in [0.5, 0.6) is 11.5 Å². The van der Waals surface area contributed by atoms with Crippen molar-refractivity contribution in [2.45, 2.75) is 32.5 Å². The second-order valence-electron chi connectivity index (χ2n) is 5.09. The van der Waals surface area contributed by atoms with Crippen LogP contribution in [0.3, 0.4) is 0 Å². The largest absolute Gasteiger partial charge is 0.493 e. The lowest BCUT2D eigenvalue weighted by atomic mass is 10.3. The molecule has 0 spiro atoms. The molecule has 25 heavy (non-hydrogen) atoms. The highest BCUT2D eigenvalue weighted by Gasteiger charge is 2.26. The Morgan fingerprint density at radius 1 is 1.20 bits per heavy atom. The van der Waals surface area contributed by atoms with Crippen LogP contribution >= 0.6 is 24.0 Å². The minimum atomic E-state index is -4.19. The van der Waals surface area contributed by atoms with E-state index in [1.54, 1.807) is 19.2 Å². The first-order chi connectivity index (χ1) is 11.4. The van der Waals surface area contributed by atoms with E-state index < -0.39 is 12.6 Å². The van der Waals surface area contributed by atoms with Crippen molar-refractivity contribution in [3.8, 4) is 11.5 Å². The minimum Gasteiger partial charge on any atom is -0.493 e. The average molecular weight is 475 g/mol. The van der Waals surface area contributed by atoms with Crippen molar-refractivity contribution in [1.82, 2.24) is 10.6 Å². The number of nitrogens with one attached hydrogen (secondary N) is 2. The van der Waals surface area contributed by atoms with Gasteiger partial charge in [-0.1, -0.05) is 12.1 Å². The number of ether oxygens (including phenoxy) is 2. The number of benzene rings is 1. The van der Waals surface area contributed by atoms with Gasteiger partial charge in [-0.3, -0.25) is 0 Å². The van der Waals surface area contributed by atoms with Gasteiger partial charge in [0, 0.05) is 13.1 Å². The molecular formula is C16H25F3IN3O2. The zero-order valence-electron chi connectivity index (χ0n) is 14.5. The van der Waals surface area contributed by atoms with Gasteiger partial charge in [0.25, 0.3) is 0 Å². The molecule has 0 aromatic heterocycles. The highest BCUT2D eigenvalue weighted by atomic mass is 127. The van der Waals surface area contributed by atoms with Gasteiger partial charge in [0.2, 0.25) is 0 Å². The number of hydrogen-bond acceptors (Lipinski definition) is 3. The Bertz CT molecular complexity index is 528. The van der Waals surface area contributed by atoms with Crippen molar-refractivity contribution in [2.75, 3.05) is 26.7 Å². The SMILES string of the molecule is CCNC(=NCC(C)Oc1ccccc1OC)NCCC(F)(F)F.I. The number of para-hydroxylation sites is 2. The van der Waals surface area contributed by atoms with Crippen LogP contribution < -0.4 is 20.1 Å². The number of aliphatic imine (C=N–C) groups is 1. The predicted molar refractivity (Wildman–Crippen MR) is 103 cm³/mol. The molecule has 2 N–H and O–H groups in total. The molecule has 1 aromatic rings. The van der Waals surface area contributed by atoms with E-state index in [4.69, 9.17) is 9.47 Å². The van der Waals surface area contributed by atoms with Gasteiger partial charge in [-0.25, -0.2) is 4.99 Å².